The molecular formula is C17H15ClFN5O2S. The molecule has 0 saturated carbocycles. The molecule has 0 unspecified atom stereocenters. The summed E-state index contributed by atoms with van der Waals surface area (Å²) in [6.45, 7) is 1.71. The van der Waals surface area contributed by atoms with Crippen molar-refractivity contribution in [2.45, 2.75) is 17.3 Å². The third-order valence-corrected chi connectivity index (χ3v) is 4.83. The molecule has 0 aliphatic rings. The summed E-state index contributed by atoms with van der Waals surface area (Å²) >= 11 is 7.12. The molecular weight excluding hydrogens is 393 g/mol. The first-order chi connectivity index (χ1) is 13.0. The first kappa shape index (κ1) is 19.1. The van der Waals surface area contributed by atoms with Crippen LogP contribution < -0.4 is 10.1 Å². The van der Waals surface area contributed by atoms with Crippen molar-refractivity contribution < 1.29 is 13.9 Å². The number of nitrogens with zero attached hydrogens (tertiary/aromatic N) is 4. The van der Waals surface area contributed by atoms with Gasteiger partial charge in [-0.15, -0.1) is 5.10 Å². The van der Waals surface area contributed by atoms with Gasteiger partial charge in [0.1, 0.15) is 11.6 Å². The molecule has 1 heterocycles. The van der Waals surface area contributed by atoms with Gasteiger partial charge < -0.3 is 10.1 Å². The first-order valence-corrected chi connectivity index (χ1v) is 9.09. The molecule has 0 fully saturated rings. The van der Waals surface area contributed by atoms with Crippen molar-refractivity contribution in [2.24, 2.45) is 0 Å². The maximum Gasteiger partial charge on any atom is 0.237 e. The summed E-state index contributed by atoms with van der Waals surface area (Å²) in [6, 6.07) is 10.8. The highest BCUT2D eigenvalue weighted by Gasteiger charge is 2.20. The molecule has 0 saturated heterocycles. The van der Waals surface area contributed by atoms with Crippen LogP contribution in [-0.4, -0.2) is 38.5 Å². The van der Waals surface area contributed by atoms with Crippen molar-refractivity contribution in [1.29, 1.82) is 0 Å². The van der Waals surface area contributed by atoms with Crippen LogP contribution in [-0.2, 0) is 4.79 Å². The number of hydrogen-bond donors (Lipinski definition) is 1. The Kier molecular flexibility index (Phi) is 5.92. The van der Waals surface area contributed by atoms with Gasteiger partial charge in [0.05, 0.1) is 23.7 Å². The molecule has 0 spiro atoms. The Labute approximate surface area is 163 Å². The molecule has 0 aliphatic heterocycles. The van der Waals surface area contributed by atoms with Crippen molar-refractivity contribution in [3.05, 3.63) is 53.3 Å². The van der Waals surface area contributed by atoms with Crippen molar-refractivity contribution in [1.82, 2.24) is 20.2 Å². The maximum atomic E-state index is 13.5. The third-order valence-electron chi connectivity index (χ3n) is 3.56. The van der Waals surface area contributed by atoms with E-state index in [0.717, 1.165) is 11.8 Å². The Balaban J connectivity index is 1.75. The highest BCUT2D eigenvalue weighted by atomic mass is 35.5. The number of ether oxygens (including phenoxy) is 1. The molecule has 0 radical (unpaired) electrons. The number of thioether (sulfide) groups is 1. The van der Waals surface area contributed by atoms with E-state index in [0.29, 0.717) is 27.3 Å². The van der Waals surface area contributed by atoms with E-state index in [-0.39, 0.29) is 5.91 Å². The third kappa shape index (κ3) is 4.55. The topological polar surface area (TPSA) is 81.9 Å². The van der Waals surface area contributed by atoms with Crippen molar-refractivity contribution in [3.63, 3.8) is 0 Å². The van der Waals surface area contributed by atoms with Crippen LogP contribution in [0.2, 0.25) is 5.02 Å². The van der Waals surface area contributed by atoms with Crippen LogP contribution in [0.4, 0.5) is 10.1 Å². The smallest absolute Gasteiger partial charge is 0.237 e. The lowest BCUT2D eigenvalue weighted by Gasteiger charge is -2.14. The largest absolute Gasteiger partial charge is 0.495 e. The molecule has 3 rings (SSSR count). The monoisotopic (exact) mass is 407 g/mol. The molecule has 27 heavy (non-hydrogen) atoms. The number of benzene rings is 2. The summed E-state index contributed by atoms with van der Waals surface area (Å²) in [5.41, 5.74) is 0.929. The van der Waals surface area contributed by atoms with Crippen LogP contribution in [0.5, 0.6) is 5.75 Å². The summed E-state index contributed by atoms with van der Waals surface area (Å²) in [6.07, 6.45) is 0. The lowest BCUT2D eigenvalue weighted by molar-refractivity contribution is -0.115. The van der Waals surface area contributed by atoms with E-state index < -0.39 is 11.1 Å². The first-order valence-electron chi connectivity index (χ1n) is 7.83. The minimum atomic E-state index is -0.535. The Morgan fingerprint density at radius 1 is 1.33 bits per heavy atom. The van der Waals surface area contributed by atoms with E-state index in [1.54, 1.807) is 37.3 Å². The van der Waals surface area contributed by atoms with Crippen LogP contribution in [0.25, 0.3) is 5.69 Å². The fourth-order valence-corrected chi connectivity index (χ4v) is 3.23. The van der Waals surface area contributed by atoms with Crippen LogP contribution in [0, 0.1) is 5.82 Å². The Morgan fingerprint density at radius 2 is 2.15 bits per heavy atom. The number of halogens is 2. The van der Waals surface area contributed by atoms with Gasteiger partial charge in [-0.3, -0.25) is 4.79 Å². The molecule has 10 heteroatoms. The number of amides is 1. The van der Waals surface area contributed by atoms with Crippen LogP contribution in [0.15, 0.2) is 47.6 Å². The number of nitrogens with one attached hydrogen (secondary N) is 1. The number of rotatable bonds is 6. The molecule has 1 amide bonds. The number of methoxy groups -OCH3 is 1. The zero-order chi connectivity index (χ0) is 19.4. The summed E-state index contributed by atoms with van der Waals surface area (Å²) in [5.74, 6) is -0.193. The minimum Gasteiger partial charge on any atom is -0.495 e. The van der Waals surface area contributed by atoms with Crippen LogP contribution in [0.3, 0.4) is 0 Å². The lowest BCUT2D eigenvalue weighted by Crippen LogP contribution is -2.23. The van der Waals surface area contributed by atoms with Crippen molar-refractivity contribution in [2.75, 3.05) is 12.4 Å². The minimum absolute atomic E-state index is 0.283. The van der Waals surface area contributed by atoms with Gasteiger partial charge in [0.2, 0.25) is 11.1 Å². The second-order valence-corrected chi connectivity index (χ2v) is 7.19. The second kappa shape index (κ2) is 8.36. The van der Waals surface area contributed by atoms with Gasteiger partial charge in [-0.05, 0) is 53.7 Å². The van der Waals surface area contributed by atoms with Crippen LogP contribution >= 0.6 is 23.4 Å². The molecule has 7 nitrogen and oxygen atoms in total. The fraction of sp³-hybridized carbons (Fsp3) is 0.176. The zero-order valence-corrected chi connectivity index (χ0v) is 16.0. The Bertz CT molecular complexity index is 968. The van der Waals surface area contributed by atoms with Gasteiger partial charge in [0, 0.05) is 5.02 Å². The standard InChI is InChI=1S/C17H15ClFN5O2S/c1-10(16(25)20-14-8-11(18)6-7-15(14)26-2)27-17-21-22-23-24(17)13-5-3-4-12(19)9-13/h3-10H,1-2H3,(H,20,25)/t10-/m1/s1. The van der Waals surface area contributed by atoms with E-state index in [2.05, 4.69) is 20.8 Å². The second-order valence-electron chi connectivity index (χ2n) is 5.45. The molecule has 1 atom stereocenters. The normalized spacial score (nSPS) is 11.9. The van der Waals surface area contributed by atoms with E-state index in [4.69, 9.17) is 16.3 Å². The lowest BCUT2D eigenvalue weighted by atomic mass is 10.3. The zero-order valence-electron chi connectivity index (χ0n) is 14.4. The number of carbonyl (C=O) groups is 1. The number of carbonyl (C=O) groups excluding carboxylic acids is 1. The molecule has 1 N–H and O–H groups in total. The highest BCUT2D eigenvalue weighted by Crippen LogP contribution is 2.29. The van der Waals surface area contributed by atoms with E-state index in [1.807, 2.05) is 0 Å². The molecule has 140 valence electrons. The van der Waals surface area contributed by atoms with Gasteiger partial charge in [0.25, 0.3) is 0 Å². The molecule has 2 aromatic carbocycles. The number of aromatic nitrogens is 4. The van der Waals surface area contributed by atoms with E-state index in [1.165, 1.54) is 23.9 Å². The molecule has 1 aromatic heterocycles. The molecule has 0 aliphatic carbocycles. The maximum absolute atomic E-state index is 13.5. The van der Waals surface area contributed by atoms with Crippen LogP contribution in [0.1, 0.15) is 6.92 Å². The average molecular weight is 408 g/mol. The molecule has 0 bridgehead atoms. The SMILES string of the molecule is COc1ccc(Cl)cc1NC(=O)[C@@H](C)Sc1nnnn1-c1cccc(F)c1. The van der Waals surface area contributed by atoms with Gasteiger partial charge in [-0.2, -0.15) is 4.68 Å². The molecule has 3 aromatic rings. The number of anilines is 1. The fourth-order valence-electron chi connectivity index (χ4n) is 2.25. The van der Waals surface area contributed by atoms with Gasteiger partial charge in [-0.1, -0.05) is 29.4 Å². The summed E-state index contributed by atoms with van der Waals surface area (Å²) in [4.78, 5) is 12.6. The summed E-state index contributed by atoms with van der Waals surface area (Å²) in [7, 11) is 1.50. The Hall–Kier alpha value is -2.65. The summed E-state index contributed by atoms with van der Waals surface area (Å²) in [5, 5.41) is 14.5. The van der Waals surface area contributed by atoms with E-state index >= 15 is 0 Å². The Morgan fingerprint density at radius 3 is 2.89 bits per heavy atom. The number of hydrogen-bond acceptors (Lipinski definition) is 6. The van der Waals surface area contributed by atoms with E-state index in [9.17, 15) is 9.18 Å². The van der Waals surface area contributed by atoms with Crippen molar-refractivity contribution in [3.8, 4) is 11.4 Å². The van der Waals surface area contributed by atoms with Gasteiger partial charge >= 0.3 is 0 Å². The predicted molar refractivity (Wildman–Crippen MR) is 101 cm³/mol. The van der Waals surface area contributed by atoms with Gasteiger partial charge in [0.15, 0.2) is 0 Å². The average Bonchev–Trinajstić information content (AvgIpc) is 3.10. The quantitative estimate of drug-likeness (QED) is 0.629. The highest BCUT2D eigenvalue weighted by molar-refractivity contribution is 8.00. The van der Waals surface area contributed by atoms with Gasteiger partial charge in [-0.25, -0.2) is 4.39 Å². The predicted octanol–water partition coefficient (Wildman–Crippen LogP) is 3.58. The number of tetrazole rings is 1. The van der Waals surface area contributed by atoms with Crippen molar-refractivity contribution >= 4 is 35.0 Å². The summed E-state index contributed by atoms with van der Waals surface area (Å²) < 4.78 is 20.0.